The first-order chi connectivity index (χ1) is 18.8. The lowest BCUT2D eigenvalue weighted by atomic mass is 9.76. The highest BCUT2D eigenvalue weighted by molar-refractivity contribution is 7.85. The molecule has 1 fully saturated rings. The van der Waals surface area contributed by atoms with Crippen molar-refractivity contribution >= 4 is 16.7 Å². The van der Waals surface area contributed by atoms with E-state index >= 15 is 0 Å². The van der Waals surface area contributed by atoms with Crippen LogP contribution in [0.15, 0.2) is 124 Å². The van der Waals surface area contributed by atoms with Crippen molar-refractivity contribution < 1.29 is 18.8 Å². The fraction of sp³-hybridized carbons (Fsp3) is 0.242. The molecule has 4 aromatic carbocycles. The van der Waals surface area contributed by atoms with Gasteiger partial charge in [-0.05, 0) is 50.1 Å². The van der Waals surface area contributed by atoms with Gasteiger partial charge in [0.2, 0.25) is 11.5 Å². The first-order valence-electron chi connectivity index (χ1n) is 13.1. The Kier molecular flexibility index (Phi) is 6.29. The van der Waals surface area contributed by atoms with Gasteiger partial charge in [-0.25, -0.2) is 9.20 Å². The highest BCUT2D eigenvalue weighted by Gasteiger charge is 2.80. The molecule has 1 saturated heterocycles. The van der Waals surface area contributed by atoms with Crippen molar-refractivity contribution in [2.75, 3.05) is 6.61 Å². The molecule has 2 aliphatic rings. The molecule has 2 aliphatic heterocycles. The summed E-state index contributed by atoms with van der Waals surface area (Å²) in [5, 5.41) is 12.4. The van der Waals surface area contributed by atoms with E-state index in [-0.39, 0.29) is 0 Å². The number of rotatable bonds is 7. The molecule has 0 amide bonds. The highest BCUT2D eigenvalue weighted by Crippen LogP contribution is 2.66. The largest absolute Gasteiger partial charge is 0.476 e. The third-order valence-electron chi connectivity index (χ3n) is 7.47. The number of hydrogen-bond acceptors (Lipinski definition) is 5. The maximum atomic E-state index is 13.9. The van der Waals surface area contributed by atoms with Crippen LogP contribution in [0, 0.1) is 6.92 Å². The zero-order valence-electron chi connectivity index (χ0n) is 22.2. The quantitative estimate of drug-likeness (QED) is 0.289. The van der Waals surface area contributed by atoms with Crippen molar-refractivity contribution in [3.8, 4) is 0 Å². The Morgan fingerprint density at radius 3 is 1.95 bits per heavy atom. The van der Waals surface area contributed by atoms with Crippen molar-refractivity contribution in [1.82, 2.24) is 0 Å². The number of aryl methyl sites for hydroxylation is 1. The fourth-order valence-electron chi connectivity index (χ4n) is 5.49. The summed E-state index contributed by atoms with van der Waals surface area (Å²) in [7, 11) is -1.52. The number of nitrogens with zero attached hydrogens (tertiary/aromatic N) is 1. The van der Waals surface area contributed by atoms with Crippen molar-refractivity contribution in [2.45, 2.75) is 53.4 Å². The molecule has 2 heterocycles. The molecule has 6 rings (SSSR count). The average molecular weight is 538 g/mol. The maximum Gasteiger partial charge on any atom is 0.224 e. The van der Waals surface area contributed by atoms with E-state index in [4.69, 9.17) is 14.5 Å². The molecule has 3 atom stereocenters. The summed E-state index contributed by atoms with van der Waals surface area (Å²) in [6.45, 7) is 6.36. The van der Waals surface area contributed by atoms with E-state index in [1.807, 2.05) is 124 Å². The van der Waals surface area contributed by atoms with Gasteiger partial charge >= 0.3 is 0 Å². The van der Waals surface area contributed by atoms with Gasteiger partial charge in [0.05, 0.1) is 16.3 Å². The summed E-state index contributed by atoms with van der Waals surface area (Å²) in [5.74, 6) is 0.351. The van der Waals surface area contributed by atoms with Gasteiger partial charge in [0, 0.05) is 15.4 Å². The Hall–Kier alpha value is -3.58. The second-order valence-corrected chi connectivity index (χ2v) is 12.2. The third kappa shape index (κ3) is 4.15. The minimum Gasteiger partial charge on any atom is -0.476 e. The SMILES string of the molecule is Cc1ccc(S(=O)c2ccccc2[C@H](O)[C@@]2(C3=NC(C)(C)CO3)OC2(c2ccccc2)c2ccccc2)cc1. The number of aliphatic imine (C=N–C) groups is 1. The van der Waals surface area contributed by atoms with Gasteiger partial charge in [0.15, 0.2) is 5.60 Å². The number of benzene rings is 4. The number of aliphatic hydroxyl groups excluding tert-OH is 1. The van der Waals surface area contributed by atoms with Crippen molar-refractivity contribution in [1.29, 1.82) is 0 Å². The van der Waals surface area contributed by atoms with E-state index in [1.165, 1.54) is 0 Å². The molecule has 1 unspecified atom stereocenters. The van der Waals surface area contributed by atoms with Crippen LogP contribution in [0.2, 0.25) is 0 Å². The van der Waals surface area contributed by atoms with Crippen LogP contribution in [0.25, 0.3) is 0 Å². The van der Waals surface area contributed by atoms with E-state index in [2.05, 4.69) is 0 Å². The predicted octanol–water partition coefficient (Wildman–Crippen LogP) is 6.12. The van der Waals surface area contributed by atoms with Gasteiger partial charge in [0.1, 0.15) is 12.7 Å². The Morgan fingerprint density at radius 2 is 1.38 bits per heavy atom. The summed E-state index contributed by atoms with van der Waals surface area (Å²) in [6, 6.07) is 34.7. The predicted molar refractivity (Wildman–Crippen MR) is 152 cm³/mol. The Balaban J connectivity index is 1.55. The van der Waals surface area contributed by atoms with Crippen LogP contribution in [0.1, 0.15) is 42.2 Å². The zero-order chi connectivity index (χ0) is 27.3. The van der Waals surface area contributed by atoms with E-state index in [0.29, 0.717) is 27.9 Å². The lowest BCUT2D eigenvalue weighted by molar-refractivity contribution is 0.0937. The van der Waals surface area contributed by atoms with Crippen LogP contribution < -0.4 is 0 Å². The molecule has 0 bridgehead atoms. The summed E-state index contributed by atoms with van der Waals surface area (Å²) in [6.07, 6.45) is -1.23. The highest BCUT2D eigenvalue weighted by atomic mass is 32.2. The molecule has 0 aliphatic carbocycles. The van der Waals surface area contributed by atoms with Gasteiger partial charge < -0.3 is 14.6 Å². The number of hydrogen-bond donors (Lipinski definition) is 1. The molecular weight excluding hydrogens is 506 g/mol. The maximum absolute atomic E-state index is 13.9. The summed E-state index contributed by atoms with van der Waals surface area (Å²) >= 11 is 0. The van der Waals surface area contributed by atoms with Crippen LogP contribution in [0.4, 0.5) is 0 Å². The molecule has 5 nitrogen and oxygen atoms in total. The van der Waals surface area contributed by atoms with Gasteiger partial charge in [-0.15, -0.1) is 0 Å². The minimum atomic E-state index is -1.52. The topological polar surface area (TPSA) is 71.4 Å². The van der Waals surface area contributed by atoms with Crippen molar-refractivity contribution in [3.05, 3.63) is 131 Å². The van der Waals surface area contributed by atoms with Crippen LogP contribution in [0.3, 0.4) is 0 Å². The molecule has 0 saturated carbocycles. The van der Waals surface area contributed by atoms with Crippen LogP contribution in [-0.2, 0) is 25.9 Å². The normalized spacial score (nSPS) is 22.4. The molecule has 6 heteroatoms. The van der Waals surface area contributed by atoms with Crippen molar-refractivity contribution in [3.63, 3.8) is 0 Å². The number of ether oxygens (including phenoxy) is 2. The van der Waals surface area contributed by atoms with E-state index in [0.717, 1.165) is 16.7 Å². The monoisotopic (exact) mass is 537 g/mol. The van der Waals surface area contributed by atoms with Gasteiger partial charge in [-0.2, -0.15) is 0 Å². The van der Waals surface area contributed by atoms with Gasteiger partial charge in [-0.3, -0.25) is 0 Å². The molecule has 0 radical (unpaired) electrons. The summed E-state index contributed by atoms with van der Waals surface area (Å²) in [5.41, 5.74) is 0.456. The smallest absolute Gasteiger partial charge is 0.224 e. The third-order valence-corrected chi connectivity index (χ3v) is 8.95. The number of epoxide rings is 1. The summed E-state index contributed by atoms with van der Waals surface area (Å²) < 4.78 is 26.9. The van der Waals surface area contributed by atoms with Crippen LogP contribution in [0.5, 0.6) is 0 Å². The molecule has 1 N–H and O–H groups in total. The molecule has 39 heavy (non-hydrogen) atoms. The summed E-state index contributed by atoms with van der Waals surface area (Å²) in [4.78, 5) is 6.11. The molecule has 0 spiro atoms. The minimum absolute atomic E-state index is 0.351. The molecule has 198 valence electrons. The Bertz CT molecular complexity index is 1510. The van der Waals surface area contributed by atoms with E-state index < -0.39 is 33.6 Å². The van der Waals surface area contributed by atoms with Gasteiger partial charge in [-0.1, -0.05) is 96.6 Å². The first kappa shape index (κ1) is 25.7. The second kappa shape index (κ2) is 9.56. The Morgan fingerprint density at radius 1 is 0.821 bits per heavy atom. The fourth-order valence-corrected chi connectivity index (χ4v) is 6.73. The molecule has 4 aromatic rings. The van der Waals surface area contributed by atoms with Gasteiger partial charge in [0.25, 0.3) is 0 Å². The lowest BCUT2D eigenvalue weighted by Gasteiger charge is -2.26. The average Bonchev–Trinajstić information content (AvgIpc) is 3.56. The van der Waals surface area contributed by atoms with Crippen LogP contribution >= 0.6 is 0 Å². The van der Waals surface area contributed by atoms with Crippen LogP contribution in [-0.4, -0.2) is 33.0 Å². The van der Waals surface area contributed by atoms with Crippen molar-refractivity contribution in [2.24, 2.45) is 4.99 Å². The first-order valence-corrected chi connectivity index (χ1v) is 14.2. The lowest BCUT2D eigenvalue weighted by Crippen LogP contribution is -2.40. The zero-order valence-corrected chi connectivity index (χ0v) is 23.0. The Labute approximate surface area is 231 Å². The molecule has 0 aromatic heterocycles. The standard InChI is InChI=1S/C33H31NO4S/c1-23-18-20-26(21-19-23)39(36)28-17-11-10-16-27(28)29(35)33(30-34-31(2,3)22-37-30)32(38-33,24-12-6-4-7-13-24)25-14-8-5-9-15-25/h4-21,29,35H,22H2,1-3H3/t29-,33-,39?/m0/s1. The molecular formula is C33H31NO4S. The van der Waals surface area contributed by atoms with E-state index in [1.54, 1.807) is 6.07 Å². The number of aliphatic hydroxyl groups is 1. The van der Waals surface area contributed by atoms with E-state index in [9.17, 15) is 9.32 Å². The second-order valence-electron chi connectivity index (χ2n) is 10.8.